The highest BCUT2D eigenvalue weighted by Gasteiger charge is 2.30. The van der Waals surface area contributed by atoms with Crippen LogP contribution in [0.25, 0.3) is 0 Å². The number of nitrogens with one attached hydrogen (secondary N) is 4. The summed E-state index contributed by atoms with van der Waals surface area (Å²) in [5.41, 5.74) is 6.90. The number of nitrogens with two attached hydrogens (primary N) is 1. The lowest BCUT2D eigenvalue weighted by Gasteiger charge is -2.25. The topological polar surface area (TPSA) is 176 Å². The molecule has 208 valence electrons. The Morgan fingerprint density at radius 3 is 2.24 bits per heavy atom. The van der Waals surface area contributed by atoms with E-state index in [9.17, 15) is 19.5 Å². The van der Waals surface area contributed by atoms with Gasteiger partial charge in [0.1, 0.15) is 23.4 Å². The first-order chi connectivity index (χ1) is 17.2. The van der Waals surface area contributed by atoms with Gasteiger partial charge in [-0.25, -0.2) is 9.59 Å². The maximum absolute atomic E-state index is 13.3. The van der Waals surface area contributed by atoms with Gasteiger partial charge in [0.15, 0.2) is 5.96 Å². The predicted molar refractivity (Wildman–Crippen MR) is 141 cm³/mol. The van der Waals surface area contributed by atoms with Crippen molar-refractivity contribution < 1.29 is 29.0 Å². The van der Waals surface area contributed by atoms with Crippen LogP contribution in [0.3, 0.4) is 0 Å². The second-order valence-electron chi connectivity index (χ2n) is 10.0. The molecule has 1 aromatic carbocycles. The van der Waals surface area contributed by atoms with Crippen LogP contribution < -0.4 is 21.7 Å². The van der Waals surface area contributed by atoms with Crippen LogP contribution in [-0.2, 0) is 25.5 Å². The normalized spacial score (nSPS) is 12.7. The molecule has 0 spiro atoms. The van der Waals surface area contributed by atoms with Crippen LogP contribution in [0.5, 0.6) is 5.75 Å². The molecule has 0 heterocycles. The van der Waals surface area contributed by atoms with Gasteiger partial charge in [0.05, 0.1) is 6.61 Å². The Morgan fingerprint density at radius 1 is 1.08 bits per heavy atom. The van der Waals surface area contributed by atoms with Gasteiger partial charge in [-0.15, -0.1) is 0 Å². The summed E-state index contributed by atoms with van der Waals surface area (Å²) in [7, 11) is 0. The van der Waals surface area contributed by atoms with Gasteiger partial charge in [-0.1, -0.05) is 13.3 Å². The van der Waals surface area contributed by atoms with Crippen molar-refractivity contribution in [2.75, 3.05) is 13.2 Å². The Bertz CT molecular complexity index is 921. The van der Waals surface area contributed by atoms with Gasteiger partial charge in [0.25, 0.3) is 0 Å². The number of rotatable bonds is 13. The number of hydrogen-bond donors (Lipinski definition) is 6. The van der Waals surface area contributed by atoms with Crippen molar-refractivity contribution in [3.8, 4) is 5.75 Å². The monoisotopic (exact) mass is 521 g/mol. The van der Waals surface area contributed by atoms with E-state index in [-0.39, 0.29) is 31.2 Å². The Balaban J connectivity index is 3.12. The summed E-state index contributed by atoms with van der Waals surface area (Å²) in [5.74, 6) is -1.23. The number of carbonyl (C=O) groups is 3. The molecule has 2 amide bonds. The van der Waals surface area contributed by atoms with Crippen molar-refractivity contribution in [3.63, 3.8) is 0 Å². The molecule has 0 aliphatic heterocycles. The van der Waals surface area contributed by atoms with Crippen molar-refractivity contribution >= 4 is 23.9 Å². The van der Waals surface area contributed by atoms with Gasteiger partial charge >= 0.3 is 12.1 Å². The lowest BCUT2D eigenvalue weighted by Crippen LogP contribution is -2.53. The van der Waals surface area contributed by atoms with Gasteiger partial charge in [-0.3, -0.25) is 10.2 Å². The standard InChI is InChI=1S/C26H43N5O6/c1-7-8-12-36-23(34)21(15-19-16(2)13-18(32)14-17(19)3)30-22(33)20(10-9-11-29-24(27)28)31-25(35)37-26(4,5)6/h13-14,20-21,32H,7-12,15H2,1-6H3,(H,30,33)(H,31,35)(H4,27,28,29)/t20-,21+/m1/s1. The largest absolute Gasteiger partial charge is 0.508 e. The highest BCUT2D eigenvalue weighted by Crippen LogP contribution is 2.22. The fraction of sp³-hybridized carbons (Fsp3) is 0.615. The van der Waals surface area contributed by atoms with Crippen molar-refractivity contribution in [3.05, 3.63) is 28.8 Å². The molecule has 0 saturated carbocycles. The number of aryl methyl sites for hydroxylation is 2. The average molecular weight is 522 g/mol. The first-order valence-corrected chi connectivity index (χ1v) is 12.6. The maximum Gasteiger partial charge on any atom is 0.408 e. The van der Waals surface area contributed by atoms with E-state index in [0.717, 1.165) is 23.1 Å². The molecule has 0 aliphatic carbocycles. The zero-order valence-corrected chi connectivity index (χ0v) is 22.8. The second-order valence-corrected chi connectivity index (χ2v) is 10.0. The molecule has 0 aromatic heterocycles. The molecular weight excluding hydrogens is 478 g/mol. The summed E-state index contributed by atoms with van der Waals surface area (Å²) < 4.78 is 10.7. The van der Waals surface area contributed by atoms with E-state index < -0.39 is 35.7 Å². The lowest BCUT2D eigenvalue weighted by molar-refractivity contribution is -0.148. The maximum atomic E-state index is 13.3. The van der Waals surface area contributed by atoms with E-state index in [1.165, 1.54) is 0 Å². The molecule has 11 nitrogen and oxygen atoms in total. The van der Waals surface area contributed by atoms with Gasteiger partial charge in [-0.05, 0) is 82.7 Å². The van der Waals surface area contributed by atoms with Crippen molar-refractivity contribution in [2.24, 2.45) is 5.73 Å². The number of carbonyl (C=O) groups excluding carboxylic acids is 3. The molecular formula is C26H43N5O6. The summed E-state index contributed by atoms with van der Waals surface area (Å²) in [5, 5.41) is 25.1. The minimum Gasteiger partial charge on any atom is -0.508 e. The summed E-state index contributed by atoms with van der Waals surface area (Å²) in [6.07, 6.45) is 1.54. The highest BCUT2D eigenvalue weighted by atomic mass is 16.6. The van der Waals surface area contributed by atoms with Crippen LogP contribution in [0, 0.1) is 19.3 Å². The smallest absolute Gasteiger partial charge is 0.408 e. The summed E-state index contributed by atoms with van der Waals surface area (Å²) in [4.78, 5) is 38.7. The molecule has 1 rings (SSSR count). The fourth-order valence-electron chi connectivity index (χ4n) is 3.63. The number of phenolic OH excluding ortho intramolecular Hbond substituents is 1. The molecule has 0 fully saturated rings. The molecule has 11 heteroatoms. The van der Waals surface area contributed by atoms with E-state index in [2.05, 4.69) is 16.0 Å². The fourth-order valence-corrected chi connectivity index (χ4v) is 3.63. The molecule has 7 N–H and O–H groups in total. The third-order valence-corrected chi connectivity index (χ3v) is 5.42. The first kappa shape index (κ1) is 31.5. The molecule has 0 unspecified atom stereocenters. The van der Waals surface area contributed by atoms with Crippen molar-refractivity contribution in [2.45, 2.75) is 91.3 Å². The van der Waals surface area contributed by atoms with E-state index in [0.29, 0.717) is 19.4 Å². The molecule has 0 bridgehead atoms. The number of benzene rings is 1. The molecule has 0 aliphatic rings. The number of guanidine groups is 1. The summed E-state index contributed by atoms with van der Waals surface area (Å²) >= 11 is 0. The lowest BCUT2D eigenvalue weighted by atomic mass is 9.95. The Labute approximate surface area is 219 Å². The van der Waals surface area contributed by atoms with Gasteiger partial charge in [0.2, 0.25) is 5.91 Å². The zero-order chi connectivity index (χ0) is 28.2. The number of alkyl carbamates (subject to hydrolysis) is 1. The van der Waals surface area contributed by atoms with E-state index >= 15 is 0 Å². The SMILES string of the molecule is CCCCOC(=O)[C@H](Cc1c(C)cc(O)cc1C)NC(=O)[C@@H](CCCNC(=N)N)NC(=O)OC(C)(C)C. The molecule has 1 aromatic rings. The minimum atomic E-state index is -1.01. The van der Waals surface area contributed by atoms with Crippen LogP contribution in [0.4, 0.5) is 4.79 Å². The Hall–Kier alpha value is -3.50. The second kappa shape index (κ2) is 14.9. The first-order valence-electron chi connectivity index (χ1n) is 12.6. The van der Waals surface area contributed by atoms with E-state index in [1.54, 1.807) is 32.9 Å². The third-order valence-electron chi connectivity index (χ3n) is 5.42. The van der Waals surface area contributed by atoms with Gasteiger partial charge < -0.3 is 36.3 Å². The molecule has 0 saturated heterocycles. The number of hydrogen-bond acceptors (Lipinski definition) is 7. The van der Waals surface area contributed by atoms with Crippen LogP contribution in [-0.4, -0.2) is 59.9 Å². The zero-order valence-electron chi connectivity index (χ0n) is 22.8. The number of esters is 1. The molecule has 37 heavy (non-hydrogen) atoms. The average Bonchev–Trinajstić information content (AvgIpc) is 2.75. The van der Waals surface area contributed by atoms with Gasteiger partial charge in [-0.2, -0.15) is 0 Å². The van der Waals surface area contributed by atoms with E-state index in [4.69, 9.17) is 20.6 Å². The molecule has 2 atom stereocenters. The van der Waals surface area contributed by atoms with Crippen LogP contribution in [0.15, 0.2) is 12.1 Å². The van der Waals surface area contributed by atoms with E-state index in [1.807, 2.05) is 20.8 Å². The number of unbranched alkanes of at least 4 members (excludes halogenated alkanes) is 1. The number of phenols is 1. The number of ether oxygens (including phenoxy) is 2. The Morgan fingerprint density at radius 2 is 1.70 bits per heavy atom. The van der Waals surface area contributed by atoms with Crippen molar-refractivity contribution in [1.82, 2.24) is 16.0 Å². The van der Waals surface area contributed by atoms with Crippen LogP contribution in [0.1, 0.15) is 70.1 Å². The van der Waals surface area contributed by atoms with Crippen molar-refractivity contribution in [1.29, 1.82) is 5.41 Å². The Kier molecular flexibility index (Phi) is 12.7. The molecule has 0 radical (unpaired) electrons. The highest BCUT2D eigenvalue weighted by molar-refractivity contribution is 5.90. The predicted octanol–water partition coefficient (Wildman–Crippen LogP) is 2.54. The van der Waals surface area contributed by atoms with Crippen LogP contribution in [0.2, 0.25) is 0 Å². The number of amides is 2. The summed E-state index contributed by atoms with van der Waals surface area (Å²) in [6, 6.07) is 1.18. The summed E-state index contributed by atoms with van der Waals surface area (Å²) in [6.45, 7) is 11.3. The quantitative estimate of drug-likeness (QED) is 0.0993. The van der Waals surface area contributed by atoms with Crippen LogP contribution >= 0.6 is 0 Å². The van der Waals surface area contributed by atoms with Gasteiger partial charge in [0, 0.05) is 13.0 Å². The number of aromatic hydroxyl groups is 1. The minimum absolute atomic E-state index is 0.116. The third kappa shape index (κ3) is 12.3.